The van der Waals surface area contributed by atoms with E-state index in [0.717, 1.165) is 43.1 Å². The van der Waals surface area contributed by atoms with Gasteiger partial charge in [-0.2, -0.15) is 0 Å². The number of amides is 2. The van der Waals surface area contributed by atoms with Crippen molar-refractivity contribution in [2.45, 2.75) is 25.7 Å². The van der Waals surface area contributed by atoms with Gasteiger partial charge >= 0.3 is 0 Å². The average molecular weight is 416 g/mol. The Labute approximate surface area is 176 Å². The van der Waals surface area contributed by atoms with Crippen molar-refractivity contribution in [2.75, 3.05) is 29.9 Å². The number of para-hydroxylation sites is 2. The van der Waals surface area contributed by atoms with Crippen LogP contribution < -0.4 is 20.7 Å². The maximum Gasteiger partial charge on any atom is 0.224 e. The van der Waals surface area contributed by atoms with E-state index in [1.54, 1.807) is 24.3 Å². The van der Waals surface area contributed by atoms with Crippen LogP contribution in [0.3, 0.4) is 0 Å². The number of benzene rings is 2. The van der Waals surface area contributed by atoms with E-state index in [1.807, 2.05) is 24.3 Å². The Hall–Kier alpha value is -2.73. The second kappa shape index (κ2) is 10.2. The Balaban J connectivity index is 1.48. The van der Waals surface area contributed by atoms with Gasteiger partial charge < -0.3 is 20.7 Å². The van der Waals surface area contributed by atoms with E-state index in [9.17, 15) is 9.59 Å². The number of piperidine rings is 1. The first kappa shape index (κ1) is 21.0. The topological polar surface area (TPSA) is 84.7 Å². The summed E-state index contributed by atoms with van der Waals surface area (Å²) in [5.41, 5.74) is 7.18. The molecule has 1 fully saturated rings. The molecule has 0 unspecified atom stereocenters. The molecule has 1 saturated heterocycles. The minimum Gasteiger partial charge on any atom is -0.494 e. The molecule has 0 saturated carbocycles. The fraction of sp³-hybridized carbons (Fsp3) is 0.364. The zero-order chi connectivity index (χ0) is 20.6. The van der Waals surface area contributed by atoms with Crippen LogP contribution >= 0.6 is 11.6 Å². The Morgan fingerprint density at radius 1 is 1.10 bits per heavy atom. The summed E-state index contributed by atoms with van der Waals surface area (Å²) in [5, 5.41) is 3.66. The lowest BCUT2D eigenvalue weighted by atomic mass is 9.96. The van der Waals surface area contributed by atoms with E-state index in [4.69, 9.17) is 22.1 Å². The summed E-state index contributed by atoms with van der Waals surface area (Å²) in [6.07, 6.45) is 2.45. The number of anilines is 2. The van der Waals surface area contributed by atoms with E-state index < -0.39 is 0 Å². The zero-order valence-corrected chi connectivity index (χ0v) is 17.0. The van der Waals surface area contributed by atoms with Crippen LogP contribution in [0, 0.1) is 5.92 Å². The molecule has 1 aliphatic rings. The van der Waals surface area contributed by atoms with E-state index in [1.165, 1.54) is 0 Å². The SMILES string of the molecule is NC(=O)C1CCN(c2ccccc2NC(=O)CCCOc2ccc(Cl)cc2)CC1. The van der Waals surface area contributed by atoms with Gasteiger partial charge in [0.25, 0.3) is 0 Å². The number of ether oxygens (including phenoxy) is 1. The van der Waals surface area contributed by atoms with Gasteiger partial charge in [0.15, 0.2) is 0 Å². The standard InChI is InChI=1S/C22H26ClN3O3/c23-17-7-9-18(10-8-17)29-15-3-6-21(27)25-19-4-1-2-5-20(19)26-13-11-16(12-14-26)22(24)28/h1-2,4-5,7-10,16H,3,6,11-15H2,(H2,24,28)(H,25,27). The predicted octanol–water partition coefficient (Wildman–Crippen LogP) is 3.84. The second-order valence-electron chi connectivity index (χ2n) is 7.13. The molecule has 0 bridgehead atoms. The summed E-state index contributed by atoms with van der Waals surface area (Å²) in [5.74, 6) is 0.393. The highest BCUT2D eigenvalue weighted by Crippen LogP contribution is 2.30. The maximum absolute atomic E-state index is 12.4. The van der Waals surface area contributed by atoms with Gasteiger partial charge in [-0.3, -0.25) is 9.59 Å². The van der Waals surface area contributed by atoms with Gasteiger partial charge in [-0.15, -0.1) is 0 Å². The number of nitrogens with zero attached hydrogens (tertiary/aromatic N) is 1. The van der Waals surface area contributed by atoms with Gasteiger partial charge in [0.2, 0.25) is 11.8 Å². The Bertz CT molecular complexity index is 833. The van der Waals surface area contributed by atoms with Crippen LogP contribution in [0.2, 0.25) is 5.02 Å². The largest absolute Gasteiger partial charge is 0.494 e. The van der Waals surface area contributed by atoms with Crippen molar-refractivity contribution < 1.29 is 14.3 Å². The highest BCUT2D eigenvalue weighted by Gasteiger charge is 2.24. The lowest BCUT2D eigenvalue weighted by Crippen LogP contribution is -2.38. The summed E-state index contributed by atoms with van der Waals surface area (Å²) < 4.78 is 5.63. The molecule has 0 spiro atoms. The second-order valence-corrected chi connectivity index (χ2v) is 7.57. The molecule has 7 heteroatoms. The maximum atomic E-state index is 12.4. The Morgan fingerprint density at radius 2 is 1.79 bits per heavy atom. The lowest BCUT2D eigenvalue weighted by Gasteiger charge is -2.33. The molecular formula is C22H26ClN3O3. The normalized spacial score (nSPS) is 14.4. The Morgan fingerprint density at radius 3 is 2.48 bits per heavy atom. The quantitative estimate of drug-likeness (QED) is 0.641. The number of nitrogens with one attached hydrogen (secondary N) is 1. The van der Waals surface area contributed by atoms with E-state index in [-0.39, 0.29) is 17.7 Å². The molecule has 29 heavy (non-hydrogen) atoms. The van der Waals surface area contributed by atoms with Gasteiger partial charge in [0.05, 0.1) is 18.0 Å². The first-order chi connectivity index (χ1) is 14.0. The van der Waals surface area contributed by atoms with Crippen molar-refractivity contribution in [3.05, 3.63) is 53.6 Å². The first-order valence-electron chi connectivity index (χ1n) is 9.84. The molecule has 0 radical (unpaired) electrons. The van der Waals surface area contributed by atoms with Gasteiger partial charge in [-0.05, 0) is 55.7 Å². The van der Waals surface area contributed by atoms with Gasteiger partial charge in [-0.25, -0.2) is 0 Å². The van der Waals surface area contributed by atoms with Crippen molar-refractivity contribution in [1.29, 1.82) is 0 Å². The summed E-state index contributed by atoms with van der Waals surface area (Å²) in [6, 6.07) is 14.9. The number of rotatable bonds is 8. The van der Waals surface area contributed by atoms with Crippen LogP contribution in [-0.2, 0) is 9.59 Å². The number of nitrogens with two attached hydrogens (primary N) is 1. The van der Waals surface area contributed by atoms with E-state index in [0.29, 0.717) is 24.5 Å². The molecule has 0 atom stereocenters. The number of carbonyl (C=O) groups excluding carboxylic acids is 2. The predicted molar refractivity (Wildman–Crippen MR) is 115 cm³/mol. The molecule has 3 rings (SSSR count). The molecule has 3 N–H and O–H groups in total. The number of hydrogen-bond acceptors (Lipinski definition) is 4. The fourth-order valence-corrected chi connectivity index (χ4v) is 3.55. The van der Waals surface area contributed by atoms with Crippen molar-refractivity contribution >= 4 is 34.8 Å². The fourth-order valence-electron chi connectivity index (χ4n) is 3.43. The number of halogens is 1. The third-order valence-corrected chi connectivity index (χ3v) is 5.30. The van der Waals surface area contributed by atoms with Crippen LogP contribution in [0.25, 0.3) is 0 Å². The number of carbonyl (C=O) groups is 2. The molecule has 0 aromatic heterocycles. The third-order valence-electron chi connectivity index (χ3n) is 5.05. The summed E-state index contributed by atoms with van der Waals surface area (Å²) in [4.78, 5) is 25.9. The molecule has 1 heterocycles. The molecule has 1 aliphatic heterocycles. The molecule has 2 aromatic carbocycles. The van der Waals surface area contributed by atoms with Gasteiger partial charge in [-0.1, -0.05) is 23.7 Å². The summed E-state index contributed by atoms with van der Waals surface area (Å²) in [6.45, 7) is 1.95. The van der Waals surface area contributed by atoms with E-state index >= 15 is 0 Å². The van der Waals surface area contributed by atoms with E-state index in [2.05, 4.69) is 10.2 Å². The minimum atomic E-state index is -0.230. The molecule has 0 aliphatic carbocycles. The monoisotopic (exact) mass is 415 g/mol. The zero-order valence-electron chi connectivity index (χ0n) is 16.3. The number of hydrogen-bond donors (Lipinski definition) is 2. The molecule has 154 valence electrons. The molecule has 2 amide bonds. The molecule has 6 nitrogen and oxygen atoms in total. The smallest absolute Gasteiger partial charge is 0.224 e. The van der Waals surface area contributed by atoms with Crippen LogP contribution in [0.5, 0.6) is 5.75 Å². The highest BCUT2D eigenvalue weighted by molar-refractivity contribution is 6.30. The van der Waals surface area contributed by atoms with Crippen molar-refractivity contribution in [2.24, 2.45) is 11.7 Å². The average Bonchev–Trinajstić information content (AvgIpc) is 2.73. The summed E-state index contributed by atoms with van der Waals surface area (Å²) >= 11 is 5.85. The first-order valence-corrected chi connectivity index (χ1v) is 10.2. The van der Waals surface area contributed by atoms with Crippen molar-refractivity contribution in [3.63, 3.8) is 0 Å². The van der Waals surface area contributed by atoms with Crippen molar-refractivity contribution in [1.82, 2.24) is 0 Å². The summed E-state index contributed by atoms with van der Waals surface area (Å²) in [7, 11) is 0. The van der Waals surface area contributed by atoms with Crippen LogP contribution in [0.1, 0.15) is 25.7 Å². The van der Waals surface area contributed by atoms with Gasteiger partial charge in [0.1, 0.15) is 5.75 Å². The Kier molecular flexibility index (Phi) is 7.36. The van der Waals surface area contributed by atoms with Crippen molar-refractivity contribution in [3.8, 4) is 5.75 Å². The molecular weight excluding hydrogens is 390 g/mol. The molecule has 2 aromatic rings. The third kappa shape index (κ3) is 6.12. The minimum absolute atomic E-state index is 0.0517. The van der Waals surface area contributed by atoms with Gasteiger partial charge in [0, 0.05) is 30.5 Å². The van der Waals surface area contributed by atoms with Crippen LogP contribution in [-0.4, -0.2) is 31.5 Å². The van der Waals surface area contributed by atoms with Crippen LogP contribution in [0.4, 0.5) is 11.4 Å². The highest BCUT2D eigenvalue weighted by atomic mass is 35.5. The van der Waals surface area contributed by atoms with Crippen LogP contribution in [0.15, 0.2) is 48.5 Å². The number of primary amides is 1. The lowest BCUT2D eigenvalue weighted by molar-refractivity contribution is -0.122.